The van der Waals surface area contributed by atoms with E-state index in [4.69, 9.17) is 9.84 Å². The van der Waals surface area contributed by atoms with Gasteiger partial charge in [0.1, 0.15) is 11.5 Å². The van der Waals surface area contributed by atoms with E-state index in [-0.39, 0.29) is 36.4 Å². The molecule has 2 aromatic rings. The SMILES string of the molecule is O=C(O)CCN(C(=O)c1csc(Cc2ccccc2F)n1)C1CCOCC1. The van der Waals surface area contributed by atoms with Crippen LogP contribution < -0.4 is 0 Å². The third kappa shape index (κ3) is 5.11. The summed E-state index contributed by atoms with van der Waals surface area (Å²) in [4.78, 5) is 29.9. The van der Waals surface area contributed by atoms with Crippen molar-refractivity contribution in [3.05, 3.63) is 51.7 Å². The maximum Gasteiger partial charge on any atom is 0.305 e. The van der Waals surface area contributed by atoms with E-state index in [1.807, 2.05) is 0 Å². The van der Waals surface area contributed by atoms with Gasteiger partial charge in [-0.25, -0.2) is 9.37 Å². The van der Waals surface area contributed by atoms with Crippen LogP contribution in [0.2, 0.25) is 0 Å². The fourth-order valence-electron chi connectivity index (χ4n) is 3.10. The van der Waals surface area contributed by atoms with Crippen LogP contribution >= 0.6 is 11.3 Å². The highest BCUT2D eigenvalue weighted by Gasteiger charge is 2.28. The monoisotopic (exact) mass is 392 g/mol. The molecule has 0 radical (unpaired) electrons. The molecular formula is C19H21FN2O4S. The van der Waals surface area contributed by atoms with Gasteiger partial charge in [-0.15, -0.1) is 11.3 Å². The maximum absolute atomic E-state index is 13.8. The topological polar surface area (TPSA) is 79.7 Å². The number of rotatable bonds is 7. The predicted octanol–water partition coefficient (Wildman–Crippen LogP) is 2.97. The Morgan fingerprint density at radius 3 is 2.74 bits per heavy atom. The van der Waals surface area contributed by atoms with Gasteiger partial charge in [0.15, 0.2) is 0 Å². The number of hydrogen-bond acceptors (Lipinski definition) is 5. The van der Waals surface area contributed by atoms with Gasteiger partial charge in [0.05, 0.1) is 11.4 Å². The van der Waals surface area contributed by atoms with E-state index in [0.29, 0.717) is 43.0 Å². The van der Waals surface area contributed by atoms with Crippen LogP contribution in [0.1, 0.15) is 40.3 Å². The first-order valence-corrected chi connectivity index (χ1v) is 9.71. The molecule has 1 aliphatic rings. The van der Waals surface area contributed by atoms with Gasteiger partial charge in [-0.3, -0.25) is 9.59 Å². The first-order chi connectivity index (χ1) is 13.0. The second-order valence-corrected chi connectivity index (χ2v) is 7.32. The number of benzene rings is 1. The van der Waals surface area contributed by atoms with E-state index < -0.39 is 5.97 Å². The number of aliphatic carboxylic acids is 1. The van der Waals surface area contributed by atoms with Crippen molar-refractivity contribution in [2.75, 3.05) is 19.8 Å². The Labute approximate surface area is 160 Å². The van der Waals surface area contributed by atoms with Crippen LogP contribution in [-0.4, -0.2) is 52.7 Å². The highest BCUT2D eigenvalue weighted by atomic mass is 32.1. The zero-order valence-electron chi connectivity index (χ0n) is 14.8. The van der Waals surface area contributed by atoms with E-state index in [0.717, 1.165) is 0 Å². The molecule has 1 N–H and O–H groups in total. The van der Waals surface area contributed by atoms with E-state index in [2.05, 4.69) is 4.98 Å². The highest BCUT2D eigenvalue weighted by molar-refractivity contribution is 7.09. The second kappa shape index (κ2) is 9.05. The lowest BCUT2D eigenvalue weighted by molar-refractivity contribution is -0.137. The van der Waals surface area contributed by atoms with Crippen molar-refractivity contribution in [3.8, 4) is 0 Å². The first-order valence-electron chi connectivity index (χ1n) is 8.83. The highest BCUT2D eigenvalue weighted by Crippen LogP contribution is 2.21. The number of thiazole rings is 1. The van der Waals surface area contributed by atoms with Gasteiger partial charge in [-0.1, -0.05) is 18.2 Å². The average molecular weight is 392 g/mol. The van der Waals surface area contributed by atoms with Gasteiger partial charge in [0.25, 0.3) is 5.91 Å². The number of carboxylic acid groups (broad SMARTS) is 1. The quantitative estimate of drug-likeness (QED) is 0.784. The van der Waals surface area contributed by atoms with Crippen LogP contribution in [0.3, 0.4) is 0 Å². The van der Waals surface area contributed by atoms with Crippen LogP contribution in [0.4, 0.5) is 4.39 Å². The molecule has 8 heteroatoms. The van der Waals surface area contributed by atoms with E-state index >= 15 is 0 Å². The van der Waals surface area contributed by atoms with Crippen molar-refractivity contribution in [2.45, 2.75) is 31.7 Å². The molecule has 144 valence electrons. The average Bonchev–Trinajstić information content (AvgIpc) is 3.13. The van der Waals surface area contributed by atoms with Crippen LogP contribution in [0.15, 0.2) is 29.6 Å². The van der Waals surface area contributed by atoms with E-state index in [9.17, 15) is 14.0 Å². The summed E-state index contributed by atoms with van der Waals surface area (Å²) in [6.45, 7) is 1.24. The molecule has 1 aliphatic heterocycles. The lowest BCUT2D eigenvalue weighted by Gasteiger charge is -2.33. The molecule has 1 saturated heterocycles. The Balaban J connectivity index is 1.74. The van der Waals surface area contributed by atoms with Crippen molar-refractivity contribution >= 4 is 23.2 Å². The summed E-state index contributed by atoms with van der Waals surface area (Å²) in [7, 11) is 0. The molecule has 6 nitrogen and oxygen atoms in total. The summed E-state index contributed by atoms with van der Waals surface area (Å²) < 4.78 is 19.2. The minimum atomic E-state index is -0.946. The van der Waals surface area contributed by atoms with Gasteiger partial charge >= 0.3 is 5.97 Å². The number of ether oxygens (including phenoxy) is 1. The van der Waals surface area contributed by atoms with E-state index in [1.165, 1.54) is 17.4 Å². The number of carbonyl (C=O) groups excluding carboxylic acids is 1. The molecule has 27 heavy (non-hydrogen) atoms. The molecule has 3 rings (SSSR count). The molecule has 1 aromatic heterocycles. The molecule has 0 bridgehead atoms. The van der Waals surface area contributed by atoms with Gasteiger partial charge in [0, 0.05) is 37.6 Å². The molecule has 1 fully saturated rings. The molecule has 1 amide bonds. The van der Waals surface area contributed by atoms with Crippen molar-refractivity contribution in [1.29, 1.82) is 0 Å². The minimum Gasteiger partial charge on any atom is -0.481 e. The molecule has 0 atom stereocenters. The van der Waals surface area contributed by atoms with Crippen molar-refractivity contribution in [3.63, 3.8) is 0 Å². The minimum absolute atomic E-state index is 0.0534. The molecule has 2 heterocycles. The number of nitrogens with zero attached hydrogens (tertiary/aromatic N) is 2. The molecule has 1 aromatic carbocycles. The third-order valence-corrected chi connectivity index (χ3v) is 5.38. The zero-order chi connectivity index (χ0) is 19.2. The van der Waals surface area contributed by atoms with Crippen molar-refractivity contribution in [2.24, 2.45) is 0 Å². The Bertz CT molecular complexity index is 805. The smallest absolute Gasteiger partial charge is 0.305 e. The van der Waals surface area contributed by atoms with Gasteiger partial charge in [-0.05, 0) is 24.5 Å². The Hall–Kier alpha value is -2.32. The number of aromatic nitrogens is 1. The Kier molecular flexibility index (Phi) is 6.52. The number of carbonyl (C=O) groups is 2. The largest absolute Gasteiger partial charge is 0.481 e. The lowest BCUT2D eigenvalue weighted by Crippen LogP contribution is -2.44. The standard InChI is InChI=1S/C19H21FN2O4S/c20-15-4-2-1-3-13(15)11-17-21-16(12-27-17)19(25)22(8-5-18(23)24)14-6-9-26-10-7-14/h1-4,12,14H,5-11H2,(H,23,24). The van der Waals surface area contributed by atoms with Crippen LogP contribution in [0, 0.1) is 5.82 Å². The number of halogens is 1. The summed E-state index contributed by atoms with van der Waals surface area (Å²) in [6.07, 6.45) is 1.56. The van der Waals surface area contributed by atoms with Gasteiger partial charge < -0.3 is 14.7 Å². The first kappa shape index (κ1) is 19.4. The Morgan fingerprint density at radius 2 is 2.04 bits per heavy atom. The fourth-order valence-corrected chi connectivity index (χ4v) is 3.90. The maximum atomic E-state index is 13.8. The molecule has 0 aliphatic carbocycles. The van der Waals surface area contributed by atoms with Gasteiger partial charge in [-0.2, -0.15) is 0 Å². The third-order valence-electron chi connectivity index (χ3n) is 4.53. The summed E-state index contributed by atoms with van der Waals surface area (Å²) >= 11 is 1.30. The summed E-state index contributed by atoms with van der Waals surface area (Å²) in [5.41, 5.74) is 0.807. The molecule has 0 unspecified atom stereocenters. The fraction of sp³-hybridized carbons (Fsp3) is 0.421. The molecular weight excluding hydrogens is 371 g/mol. The van der Waals surface area contributed by atoms with Gasteiger partial charge in [0.2, 0.25) is 0 Å². The molecule has 0 spiro atoms. The summed E-state index contributed by atoms with van der Waals surface area (Å²) in [5, 5.41) is 11.3. The zero-order valence-corrected chi connectivity index (χ0v) is 15.6. The predicted molar refractivity (Wildman–Crippen MR) is 98.5 cm³/mol. The summed E-state index contributed by atoms with van der Waals surface area (Å²) in [6, 6.07) is 6.43. The van der Waals surface area contributed by atoms with Crippen LogP contribution in [0.25, 0.3) is 0 Å². The van der Waals surface area contributed by atoms with Crippen molar-refractivity contribution < 1.29 is 23.8 Å². The normalized spacial score (nSPS) is 14.9. The summed E-state index contributed by atoms with van der Waals surface area (Å²) in [5.74, 6) is -1.52. The molecule has 0 saturated carbocycles. The second-order valence-electron chi connectivity index (χ2n) is 6.38. The van der Waals surface area contributed by atoms with E-state index in [1.54, 1.807) is 28.5 Å². The lowest BCUT2D eigenvalue weighted by atomic mass is 10.1. The number of amides is 1. The van der Waals surface area contributed by atoms with Crippen LogP contribution in [0.5, 0.6) is 0 Å². The Morgan fingerprint density at radius 1 is 1.30 bits per heavy atom. The van der Waals surface area contributed by atoms with Crippen molar-refractivity contribution in [1.82, 2.24) is 9.88 Å². The number of carboxylic acids is 1. The number of hydrogen-bond donors (Lipinski definition) is 1. The van der Waals surface area contributed by atoms with Crippen LogP contribution in [-0.2, 0) is 16.0 Å².